The number of aliphatic hydroxyl groups is 7. The lowest BCUT2D eigenvalue weighted by molar-refractivity contribution is -0.332. The van der Waals surface area contributed by atoms with Gasteiger partial charge in [0.25, 0.3) is 0 Å². The van der Waals surface area contributed by atoms with E-state index in [9.17, 15) is 45.3 Å². The molecule has 2 saturated heterocycles. The Labute approximate surface area is 383 Å². The Bertz CT molecular complexity index is 1260. The Kier molecular flexibility index (Phi) is 33.3. The normalized spacial score (nSPS) is 26.9. The molecule has 0 aromatic rings. The zero-order valence-corrected chi connectivity index (χ0v) is 39.0. The number of carbonyl (C=O) groups excluding carboxylic acids is 2. The molecule has 15 heteroatoms. The molecule has 0 radical (unpaired) electrons. The molecule has 0 aromatic carbocycles. The van der Waals surface area contributed by atoms with Gasteiger partial charge < -0.3 is 64.2 Å². The summed E-state index contributed by atoms with van der Waals surface area (Å²) in [4.78, 5) is 25.7. The highest BCUT2D eigenvalue weighted by molar-refractivity contribution is 5.70. The second-order valence-electron chi connectivity index (χ2n) is 17.3. The fourth-order valence-electron chi connectivity index (χ4n) is 7.58. The fraction of sp³-hybridized carbons (Fsp3) is 0.837. The molecule has 0 saturated carbocycles. The van der Waals surface area contributed by atoms with E-state index in [-0.39, 0.29) is 26.1 Å². The van der Waals surface area contributed by atoms with E-state index in [1.807, 2.05) is 0 Å². The maximum Gasteiger partial charge on any atom is 0.306 e. The van der Waals surface area contributed by atoms with E-state index < -0.39 is 92.7 Å². The van der Waals surface area contributed by atoms with Gasteiger partial charge in [0, 0.05) is 12.8 Å². The lowest BCUT2D eigenvalue weighted by atomic mass is 9.98. The van der Waals surface area contributed by atoms with Crippen molar-refractivity contribution in [1.82, 2.24) is 0 Å². The van der Waals surface area contributed by atoms with Crippen LogP contribution in [0, 0.1) is 0 Å². The van der Waals surface area contributed by atoms with Crippen LogP contribution in [0.5, 0.6) is 0 Å². The number of hydrogen-bond acceptors (Lipinski definition) is 15. The summed E-state index contributed by atoms with van der Waals surface area (Å²) in [5.74, 6) is -0.943. The highest BCUT2D eigenvalue weighted by atomic mass is 16.7. The molecule has 0 spiro atoms. The molecule has 15 nitrogen and oxygen atoms in total. The van der Waals surface area contributed by atoms with E-state index in [2.05, 4.69) is 50.3 Å². The molecule has 64 heavy (non-hydrogen) atoms. The molecule has 0 aliphatic carbocycles. The third kappa shape index (κ3) is 25.0. The molecule has 0 aromatic heterocycles. The summed E-state index contributed by atoms with van der Waals surface area (Å²) in [6, 6.07) is 0. The topological polar surface area (TPSA) is 231 Å². The second kappa shape index (κ2) is 36.8. The van der Waals surface area contributed by atoms with Crippen molar-refractivity contribution in [2.45, 2.75) is 235 Å². The van der Waals surface area contributed by atoms with Crippen molar-refractivity contribution in [3.63, 3.8) is 0 Å². The number of allylic oxidation sites excluding steroid dienone is 6. The van der Waals surface area contributed by atoms with Crippen molar-refractivity contribution in [1.29, 1.82) is 0 Å². The standard InChI is InChI=1S/C49H86O15/c1-3-5-7-9-11-13-15-17-18-20-22-24-26-28-30-32-41(52)62-37(34-59-40(51)31-29-27-25-23-21-19-16-14-12-10-8-6-4-2)35-60-48-47(58)45(56)43(54)39(64-48)36-61-49-46(57)44(55)42(53)38(33-50)63-49/h5,7,11,13,17-18,37-39,42-50,53-58H,3-4,6,8-10,12,14-16,19-36H2,1-2H3/b7-5-,13-11-,18-17-/t37-,38-,39-,42+,43+,44+,45+,46-,47-,48-,49+/m1/s1. The molecule has 2 aliphatic heterocycles. The van der Waals surface area contributed by atoms with Crippen LogP contribution in [0.1, 0.15) is 168 Å². The minimum atomic E-state index is -1.77. The van der Waals surface area contributed by atoms with E-state index in [4.69, 9.17) is 28.4 Å². The highest BCUT2D eigenvalue weighted by Crippen LogP contribution is 2.26. The van der Waals surface area contributed by atoms with Crippen molar-refractivity contribution in [3.8, 4) is 0 Å². The molecule has 7 N–H and O–H groups in total. The first-order valence-corrected chi connectivity index (χ1v) is 24.6. The molecule has 2 rings (SSSR count). The first-order valence-electron chi connectivity index (χ1n) is 24.6. The summed E-state index contributed by atoms with van der Waals surface area (Å²) < 4.78 is 33.5. The fourth-order valence-corrected chi connectivity index (χ4v) is 7.58. The maximum absolute atomic E-state index is 13.0. The van der Waals surface area contributed by atoms with Crippen LogP contribution in [-0.4, -0.2) is 142 Å². The highest BCUT2D eigenvalue weighted by Gasteiger charge is 2.47. The van der Waals surface area contributed by atoms with Crippen LogP contribution in [0.4, 0.5) is 0 Å². The molecule has 0 amide bonds. The summed E-state index contributed by atoms with van der Waals surface area (Å²) >= 11 is 0. The third-order valence-corrected chi connectivity index (χ3v) is 11.6. The zero-order chi connectivity index (χ0) is 46.8. The van der Waals surface area contributed by atoms with Gasteiger partial charge in [0.05, 0.1) is 19.8 Å². The van der Waals surface area contributed by atoms with E-state index in [1.54, 1.807) is 0 Å². The predicted molar refractivity (Wildman–Crippen MR) is 243 cm³/mol. The number of aliphatic hydroxyl groups excluding tert-OH is 7. The smallest absolute Gasteiger partial charge is 0.306 e. The molecule has 2 fully saturated rings. The molecule has 11 atom stereocenters. The van der Waals surface area contributed by atoms with Crippen molar-refractivity contribution >= 4 is 11.9 Å². The monoisotopic (exact) mass is 915 g/mol. The number of hydrogen-bond donors (Lipinski definition) is 7. The van der Waals surface area contributed by atoms with E-state index in [1.165, 1.54) is 57.8 Å². The Morgan fingerprint density at radius 3 is 1.55 bits per heavy atom. The average Bonchev–Trinajstić information content (AvgIpc) is 3.29. The Balaban J connectivity index is 1.84. The maximum atomic E-state index is 13.0. The number of carbonyl (C=O) groups is 2. The molecule has 372 valence electrons. The van der Waals surface area contributed by atoms with Gasteiger partial charge in [-0.1, -0.05) is 147 Å². The van der Waals surface area contributed by atoms with Crippen LogP contribution in [0.25, 0.3) is 0 Å². The Morgan fingerprint density at radius 2 is 0.984 bits per heavy atom. The van der Waals surface area contributed by atoms with Crippen LogP contribution < -0.4 is 0 Å². The van der Waals surface area contributed by atoms with Crippen LogP contribution in [0.2, 0.25) is 0 Å². The SMILES string of the molecule is CC/C=C\C/C=C\C/C=C\CCCCCCCC(=O)O[C@H](COC(=O)CCCCCCCCCCCCCCC)CO[C@@H]1O[C@H](CO[C@H]2O[C@H](CO)[C@H](O)[C@H](O)[C@H]2O)[C@H](O)[C@H](O)[C@H]1O. The van der Waals surface area contributed by atoms with E-state index in [0.717, 1.165) is 70.6 Å². The van der Waals surface area contributed by atoms with Crippen LogP contribution in [0.15, 0.2) is 36.5 Å². The molecule has 2 aliphatic rings. The lowest BCUT2D eigenvalue weighted by Gasteiger charge is -2.42. The van der Waals surface area contributed by atoms with Crippen molar-refractivity contribution < 1.29 is 73.8 Å². The largest absolute Gasteiger partial charge is 0.462 e. The van der Waals surface area contributed by atoms with E-state index >= 15 is 0 Å². The summed E-state index contributed by atoms with van der Waals surface area (Å²) in [6.45, 7) is 2.45. The van der Waals surface area contributed by atoms with Gasteiger partial charge in [0.15, 0.2) is 18.7 Å². The van der Waals surface area contributed by atoms with Gasteiger partial charge in [-0.25, -0.2) is 0 Å². The van der Waals surface area contributed by atoms with E-state index in [0.29, 0.717) is 12.8 Å². The Hall–Kier alpha value is -2.28. The predicted octanol–water partition coefficient (Wildman–Crippen LogP) is 6.15. The Morgan fingerprint density at radius 1 is 0.516 bits per heavy atom. The number of unbranched alkanes of at least 4 members (excludes halogenated alkanes) is 17. The first kappa shape index (κ1) is 57.8. The van der Waals surface area contributed by atoms with Crippen LogP contribution in [-0.2, 0) is 38.0 Å². The van der Waals surface area contributed by atoms with Gasteiger partial charge in [-0.05, 0) is 44.9 Å². The van der Waals surface area contributed by atoms with Gasteiger partial charge >= 0.3 is 11.9 Å². The molecular formula is C49H86O15. The summed E-state index contributed by atoms with van der Waals surface area (Å²) in [5, 5.41) is 72.0. The number of ether oxygens (including phenoxy) is 6. The van der Waals surface area contributed by atoms with Crippen molar-refractivity contribution in [2.75, 3.05) is 26.4 Å². The first-order chi connectivity index (χ1) is 31.0. The lowest BCUT2D eigenvalue weighted by Crippen LogP contribution is -2.61. The van der Waals surface area contributed by atoms with Gasteiger partial charge in [-0.3, -0.25) is 9.59 Å². The average molecular weight is 915 g/mol. The van der Waals surface area contributed by atoms with Gasteiger partial charge in [-0.15, -0.1) is 0 Å². The van der Waals surface area contributed by atoms with Gasteiger partial charge in [-0.2, -0.15) is 0 Å². The molecule has 2 heterocycles. The molecule has 0 bridgehead atoms. The quantitative estimate of drug-likeness (QED) is 0.0211. The second-order valence-corrected chi connectivity index (χ2v) is 17.3. The van der Waals surface area contributed by atoms with Crippen molar-refractivity contribution in [2.24, 2.45) is 0 Å². The third-order valence-electron chi connectivity index (χ3n) is 11.6. The summed E-state index contributed by atoms with van der Waals surface area (Å²) in [5.41, 5.74) is 0. The minimum Gasteiger partial charge on any atom is -0.462 e. The van der Waals surface area contributed by atoms with Crippen LogP contribution in [0.3, 0.4) is 0 Å². The summed E-state index contributed by atoms with van der Waals surface area (Å²) in [7, 11) is 0. The summed E-state index contributed by atoms with van der Waals surface area (Å²) in [6.07, 6.45) is 20.3. The number of rotatable bonds is 37. The molecular weight excluding hydrogens is 829 g/mol. The van der Waals surface area contributed by atoms with Crippen LogP contribution >= 0.6 is 0 Å². The number of esters is 2. The zero-order valence-electron chi connectivity index (χ0n) is 39.0. The minimum absolute atomic E-state index is 0.147. The molecule has 0 unspecified atom stereocenters. The van der Waals surface area contributed by atoms with Gasteiger partial charge in [0.1, 0.15) is 55.4 Å². The van der Waals surface area contributed by atoms with Crippen molar-refractivity contribution in [3.05, 3.63) is 36.5 Å². The van der Waals surface area contributed by atoms with Gasteiger partial charge in [0.2, 0.25) is 0 Å².